The minimum absolute atomic E-state index is 0.0916. The number of phenolic OH excluding ortho intramolecular Hbond substituents is 2. The number of aromatic hydroxyl groups is 2. The predicted octanol–water partition coefficient (Wildman–Crippen LogP) is 4.18. The van der Waals surface area contributed by atoms with Gasteiger partial charge in [-0.2, -0.15) is 0 Å². The number of rotatable bonds is 5. The highest BCUT2D eigenvalue weighted by Gasteiger charge is 2.05. The van der Waals surface area contributed by atoms with Gasteiger partial charge in [-0.25, -0.2) is 0 Å². The molecule has 2 aromatic carbocycles. The van der Waals surface area contributed by atoms with Gasteiger partial charge in [-0.15, -0.1) is 0 Å². The summed E-state index contributed by atoms with van der Waals surface area (Å²) in [5.74, 6) is 0.382. The van der Waals surface area contributed by atoms with Crippen molar-refractivity contribution in [1.82, 2.24) is 0 Å². The first-order valence-electron chi connectivity index (χ1n) is 6.57. The topological polar surface area (TPSA) is 52.5 Å². The quantitative estimate of drug-likeness (QED) is 0.724. The van der Waals surface area contributed by atoms with Crippen LogP contribution >= 0.6 is 11.6 Å². The van der Waals surface area contributed by atoms with E-state index in [4.69, 9.17) is 11.6 Å². The monoisotopic (exact) mass is 291 g/mol. The fourth-order valence-electron chi connectivity index (χ4n) is 2.00. The number of halogens is 1. The molecule has 0 saturated heterocycles. The lowest BCUT2D eigenvalue weighted by molar-refractivity contribution is 0.474. The molecule has 3 nitrogen and oxygen atoms in total. The summed E-state index contributed by atoms with van der Waals surface area (Å²) < 4.78 is 0. The maximum atomic E-state index is 9.37. The standard InChI is InChI=1S/C16H18ClNO2/c1-11(2-3-12-4-7-14(19)8-5-12)18-13-6-9-16(20)15(17)10-13/h4-11,18-20H,2-3H2,1H3. The van der Waals surface area contributed by atoms with Crippen LogP contribution in [-0.4, -0.2) is 16.3 Å². The second-order valence-corrected chi connectivity index (χ2v) is 5.32. The van der Waals surface area contributed by atoms with Crippen molar-refractivity contribution in [2.45, 2.75) is 25.8 Å². The number of nitrogens with one attached hydrogen (secondary N) is 1. The van der Waals surface area contributed by atoms with Gasteiger partial charge in [-0.05, 0) is 55.7 Å². The molecule has 1 unspecified atom stereocenters. The third kappa shape index (κ3) is 4.07. The van der Waals surface area contributed by atoms with Crippen molar-refractivity contribution in [3.8, 4) is 11.5 Å². The Kier molecular flexibility index (Phi) is 4.74. The second kappa shape index (κ2) is 6.53. The van der Waals surface area contributed by atoms with E-state index in [0.29, 0.717) is 10.8 Å². The van der Waals surface area contributed by atoms with Crippen LogP contribution in [0.3, 0.4) is 0 Å². The molecule has 2 aromatic rings. The van der Waals surface area contributed by atoms with Crippen LogP contribution in [0, 0.1) is 0 Å². The lowest BCUT2D eigenvalue weighted by Crippen LogP contribution is -2.15. The van der Waals surface area contributed by atoms with Crippen LogP contribution < -0.4 is 5.32 Å². The van der Waals surface area contributed by atoms with Gasteiger partial charge in [0.2, 0.25) is 0 Å². The average Bonchev–Trinajstić information content (AvgIpc) is 2.42. The predicted molar refractivity (Wildman–Crippen MR) is 82.6 cm³/mol. The summed E-state index contributed by atoms with van der Waals surface area (Å²) in [6.45, 7) is 2.10. The highest BCUT2D eigenvalue weighted by molar-refractivity contribution is 6.32. The van der Waals surface area contributed by atoms with E-state index in [1.165, 1.54) is 5.56 Å². The first-order valence-corrected chi connectivity index (χ1v) is 6.95. The first-order chi connectivity index (χ1) is 9.54. The molecule has 0 radical (unpaired) electrons. The molecule has 0 aromatic heterocycles. The van der Waals surface area contributed by atoms with Gasteiger partial charge in [0.25, 0.3) is 0 Å². The van der Waals surface area contributed by atoms with Crippen molar-refractivity contribution >= 4 is 17.3 Å². The Bertz CT molecular complexity index is 569. The zero-order valence-electron chi connectivity index (χ0n) is 11.3. The Morgan fingerprint density at radius 3 is 2.45 bits per heavy atom. The number of aryl methyl sites for hydroxylation is 1. The minimum atomic E-state index is 0.0916. The molecule has 3 N–H and O–H groups in total. The molecule has 0 aliphatic heterocycles. The molecule has 0 saturated carbocycles. The van der Waals surface area contributed by atoms with Crippen LogP contribution in [0.15, 0.2) is 42.5 Å². The molecule has 20 heavy (non-hydrogen) atoms. The fraction of sp³-hybridized carbons (Fsp3) is 0.250. The van der Waals surface area contributed by atoms with Gasteiger partial charge in [-0.3, -0.25) is 0 Å². The zero-order chi connectivity index (χ0) is 14.5. The van der Waals surface area contributed by atoms with E-state index in [1.807, 2.05) is 12.1 Å². The molecule has 0 fully saturated rings. The molecular weight excluding hydrogens is 274 g/mol. The summed E-state index contributed by atoms with van der Waals surface area (Å²) in [5, 5.41) is 22.3. The maximum absolute atomic E-state index is 9.37. The van der Waals surface area contributed by atoms with Crippen LogP contribution in [0.4, 0.5) is 5.69 Å². The van der Waals surface area contributed by atoms with Crippen molar-refractivity contribution in [1.29, 1.82) is 0 Å². The molecule has 2 rings (SSSR count). The van der Waals surface area contributed by atoms with Crippen molar-refractivity contribution in [2.24, 2.45) is 0 Å². The second-order valence-electron chi connectivity index (χ2n) is 4.92. The minimum Gasteiger partial charge on any atom is -0.508 e. The molecule has 0 aliphatic rings. The number of benzene rings is 2. The highest BCUT2D eigenvalue weighted by atomic mass is 35.5. The normalized spacial score (nSPS) is 12.1. The average molecular weight is 292 g/mol. The number of phenols is 2. The number of hydrogen-bond acceptors (Lipinski definition) is 3. The highest BCUT2D eigenvalue weighted by Crippen LogP contribution is 2.26. The maximum Gasteiger partial charge on any atom is 0.134 e. The molecule has 0 heterocycles. The van der Waals surface area contributed by atoms with Crippen molar-refractivity contribution in [2.75, 3.05) is 5.32 Å². The molecule has 1 atom stereocenters. The Hall–Kier alpha value is -1.87. The number of anilines is 1. The SMILES string of the molecule is CC(CCc1ccc(O)cc1)Nc1ccc(O)c(Cl)c1. The Balaban J connectivity index is 1.87. The van der Waals surface area contributed by atoms with E-state index in [-0.39, 0.29) is 11.8 Å². The van der Waals surface area contributed by atoms with E-state index in [2.05, 4.69) is 12.2 Å². The Labute approximate surface area is 123 Å². The molecular formula is C16H18ClNO2. The zero-order valence-corrected chi connectivity index (χ0v) is 12.1. The van der Waals surface area contributed by atoms with E-state index in [9.17, 15) is 10.2 Å². The lowest BCUT2D eigenvalue weighted by Gasteiger charge is -2.15. The first kappa shape index (κ1) is 14.5. The molecule has 0 aliphatic carbocycles. The summed E-state index contributed by atoms with van der Waals surface area (Å²) in [6, 6.07) is 12.6. The van der Waals surface area contributed by atoms with Gasteiger partial charge in [0.05, 0.1) is 5.02 Å². The summed E-state index contributed by atoms with van der Waals surface area (Å²) in [5.41, 5.74) is 2.09. The van der Waals surface area contributed by atoms with Gasteiger partial charge in [0, 0.05) is 11.7 Å². The third-order valence-corrected chi connectivity index (χ3v) is 3.47. The van der Waals surface area contributed by atoms with E-state index >= 15 is 0 Å². The number of hydrogen-bond donors (Lipinski definition) is 3. The molecule has 4 heteroatoms. The van der Waals surface area contributed by atoms with Gasteiger partial charge in [-0.1, -0.05) is 23.7 Å². The molecule has 0 bridgehead atoms. The van der Waals surface area contributed by atoms with Gasteiger partial charge in [0.1, 0.15) is 11.5 Å². The largest absolute Gasteiger partial charge is 0.508 e. The molecule has 106 valence electrons. The summed E-state index contributed by atoms with van der Waals surface area (Å²) in [4.78, 5) is 0. The van der Waals surface area contributed by atoms with Crippen molar-refractivity contribution in [3.63, 3.8) is 0 Å². The van der Waals surface area contributed by atoms with E-state index in [0.717, 1.165) is 18.5 Å². The summed E-state index contributed by atoms with van der Waals surface area (Å²) in [7, 11) is 0. The van der Waals surface area contributed by atoms with Gasteiger partial charge < -0.3 is 15.5 Å². The lowest BCUT2D eigenvalue weighted by atomic mass is 10.1. The van der Waals surface area contributed by atoms with Crippen molar-refractivity contribution < 1.29 is 10.2 Å². The van der Waals surface area contributed by atoms with Crippen LogP contribution in [0.5, 0.6) is 11.5 Å². The summed E-state index contributed by atoms with van der Waals surface area (Å²) >= 11 is 5.87. The third-order valence-electron chi connectivity index (χ3n) is 3.16. The van der Waals surface area contributed by atoms with Gasteiger partial charge in [0.15, 0.2) is 0 Å². The smallest absolute Gasteiger partial charge is 0.134 e. The molecule has 0 amide bonds. The Morgan fingerprint density at radius 2 is 1.80 bits per heavy atom. The Morgan fingerprint density at radius 1 is 1.10 bits per heavy atom. The fourth-order valence-corrected chi connectivity index (χ4v) is 2.18. The molecule has 0 spiro atoms. The van der Waals surface area contributed by atoms with Crippen LogP contribution in [0.1, 0.15) is 18.9 Å². The van der Waals surface area contributed by atoms with Crippen LogP contribution in [0.2, 0.25) is 5.02 Å². The van der Waals surface area contributed by atoms with Crippen LogP contribution in [-0.2, 0) is 6.42 Å². The van der Waals surface area contributed by atoms with Gasteiger partial charge >= 0.3 is 0 Å². The van der Waals surface area contributed by atoms with E-state index in [1.54, 1.807) is 30.3 Å². The summed E-state index contributed by atoms with van der Waals surface area (Å²) in [6.07, 6.45) is 1.89. The van der Waals surface area contributed by atoms with Crippen LogP contribution in [0.25, 0.3) is 0 Å². The van der Waals surface area contributed by atoms with E-state index < -0.39 is 0 Å². The van der Waals surface area contributed by atoms with Crippen molar-refractivity contribution in [3.05, 3.63) is 53.1 Å².